The number of pyridine rings is 1. The fourth-order valence-corrected chi connectivity index (χ4v) is 1.91. The highest BCUT2D eigenvalue weighted by atomic mass is 14.6. The van der Waals surface area contributed by atoms with Crippen LogP contribution in [0.2, 0.25) is 0 Å². The minimum absolute atomic E-state index is 0.571. The van der Waals surface area contributed by atoms with Gasteiger partial charge in [-0.3, -0.25) is 4.98 Å². The van der Waals surface area contributed by atoms with Crippen LogP contribution in [0.5, 0.6) is 0 Å². The Morgan fingerprint density at radius 3 is 2.47 bits per heavy atom. The zero-order valence-electron chi connectivity index (χ0n) is 11.6. The van der Waals surface area contributed by atoms with Crippen molar-refractivity contribution in [2.45, 2.75) is 47.0 Å². The molecular weight excluding hydrogens is 206 g/mol. The Morgan fingerprint density at radius 2 is 1.88 bits per heavy atom. The lowest BCUT2D eigenvalue weighted by molar-refractivity contribution is 0.864. The molecule has 1 heterocycles. The van der Waals surface area contributed by atoms with Crippen molar-refractivity contribution in [3.8, 4) is 0 Å². The van der Waals surface area contributed by atoms with Crippen molar-refractivity contribution in [2.24, 2.45) is 0 Å². The van der Waals surface area contributed by atoms with E-state index in [1.807, 2.05) is 26.1 Å². The molecule has 2 rings (SSSR count). The summed E-state index contributed by atoms with van der Waals surface area (Å²) in [6, 6.07) is 8.69. The fourth-order valence-electron chi connectivity index (χ4n) is 1.91. The van der Waals surface area contributed by atoms with Crippen LogP contribution in [-0.2, 0) is 6.42 Å². The van der Waals surface area contributed by atoms with Gasteiger partial charge in [0.25, 0.3) is 0 Å². The van der Waals surface area contributed by atoms with Crippen molar-refractivity contribution < 1.29 is 0 Å². The molecule has 0 radical (unpaired) electrons. The topological polar surface area (TPSA) is 12.9 Å². The highest BCUT2D eigenvalue weighted by Crippen LogP contribution is 2.24. The molecule has 1 aromatic carbocycles. The molecule has 0 fully saturated rings. The number of nitrogens with zero attached hydrogens (tertiary/aromatic N) is 1. The molecule has 0 N–H and O–H groups in total. The maximum atomic E-state index is 4.43. The van der Waals surface area contributed by atoms with Crippen LogP contribution < -0.4 is 0 Å². The number of aryl methyl sites for hydroxylation is 1. The van der Waals surface area contributed by atoms with Crippen LogP contribution in [0.4, 0.5) is 0 Å². The van der Waals surface area contributed by atoms with E-state index in [0.29, 0.717) is 5.92 Å². The molecule has 0 unspecified atom stereocenters. The highest BCUT2D eigenvalue weighted by Gasteiger charge is 2.05. The van der Waals surface area contributed by atoms with Crippen LogP contribution in [0.1, 0.15) is 51.7 Å². The molecule has 0 aliphatic heterocycles. The number of aromatic nitrogens is 1. The molecule has 17 heavy (non-hydrogen) atoms. The number of fused-ring (bicyclic) bond motifs is 1. The third kappa shape index (κ3) is 3.06. The van der Waals surface area contributed by atoms with Gasteiger partial charge in [-0.2, -0.15) is 0 Å². The Kier molecular flexibility index (Phi) is 5.14. The summed E-state index contributed by atoms with van der Waals surface area (Å²) in [7, 11) is 0. The molecule has 0 aliphatic rings. The van der Waals surface area contributed by atoms with Gasteiger partial charge in [0.15, 0.2) is 0 Å². The first kappa shape index (κ1) is 13.7. The third-order valence-corrected chi connectivity index (χ3v) is 2.88. The van der Waals surface area contributed by atoms with Gasteiger partial charge in [-0.05, 0) is 35.6 Å². The van der Waals surface area contributed by atoms with E-state index < -0.39 is 0 Å². The number of rotatable bonds is 2. The minimum atomic E-state index is 0.571. The monoisotopic (exact) mass is 229 g/mol. The second kappa shape index (κ2) is 6.39. The predicted molar refractivity (Wildman–Crippen MR) is 76.6 cm³/mol. The highest BCUT2D eigenvalue weighted by molar-refractivity contribution is 5.83. The second-order valence-corrected chi connectivity index (χ2v) is 4.26. The second-order valence-electron chi connectivity index (χ2n) is 4.26. The maximum Gasteiger partial charge on any atom is 0.0707 e. The lowest BCUT2D eigenvalue weighted by Crippen LogP contribution is -1.93. The SMILES string of the molecule is CC.CCc1cc(C(C)C)cc2ncccc12. The lowest BCUT2D eigenvalue weighted by atomic mass is 9.96. The Hall–Kier alpha value is -1.37. The van der Waals surface area contributed by atoms with Crippen LogP contribution in [0, 0.1) is 0 Å². The molecule has 0 saturated carbocycles. The van der Waals surface area contributed by atoms with Gasteiger partial charge in [-0.25, -0.2) is 0 Å². The summed E-state index contributed by atoms with van der Waals surface area (Å²) < 4.78 is 0. The molecule has 0 saturated heterocycles. The normalized spacial score (nSPS) is 10.2. The molecule has 0 atom stereocenters. The van der Waals surface area contributed by atoms with Gasteiger partial charge in [0.05, 0.1) is 5.52 Å². The van der Waals surface area contributed by atoms with Gasteiger partial charge in [-0.15, -0.1) is 0 Å². The zero-order valence-corrected chi connectivity index (χ0v) is 11.6. The van der Waals surface area contributed by atoms with Crippen LogP contribution >= 0.6 is 0 Å². The van der Waals surface area contributed by atoms with Gasteiger partial charge in [0.2, 0.25) is 0 Å². The van der Waals surface area contributed by atoms with Crippen molar-refractivity contribution in [1.82, 2.24) is 4.98 Å². The van der Waals surface area contributed by atoms with Crippen LogP contribution in [-0.4, -0.2) is 4.98 Å². The summed E-state index contributed by atoms with van der Waals surface area (Å²) in [6.07, 6.45) is 2.94. The standard InChI is InChI=1S/C14H17N.C2H6/c1-4-11-8-12(10(2)3)9-14-13(11)6-5-7-15-14;1-2/h5-10H,4H2,1-3H3;1-2H3. The van der Waals surface area contributed by atoms with Crippen LogP contribution in [0.15, 0.2) is 30.5 Å². The molecular formula is C16H23N. The van der Waals surface area contributed by atoms with Crippen molar-refractivity contribution in [1.29, 1.82) is 0 Å². The summed E-state index contributed by atoms with van der Waals surface area (Å²) >= 11 is 0. The molecule has 2 aromatic rings. The number of hydrogen-bond donors (Lipinski definition) is 0. The average Bonchev–Trinajstić information content (AvgIpc) is 2.39. The summed E-state index contributed by atoms with van der Waals surface area (Å²) in [5, 5.41) is 1.30. The van der Waals surface area contributed by atoms with E-state index in [-0.39, 0.29) is 0 Å². The van der Waals surface area contributed by atoms with Crippen LogP contribution in [0.3, 0.4) is 0 Å². The van der Waals surface area contributed by atoms with Gasteiger partial charge in [-0.1, -0.05) is 46.8 Å². The minimum Gasteiger partial charge on any atom is -0.256 e. The molecule has 1 heteroatoms. The van der Waals surface area contributed by atoms with E-state index in [2.05, 4.69) is 44.0 Å². The van der Waals surface area contributed by atoms with E-state index >= 15 is 0 Å². The summed E-state index contributed by atoms with van der Waals surface area (Å²) in [4.78, 5) is 4.43. The van der Waals surface area contributed by atoms with Gasteiger partial charge < -0.3 is 0 Å². The Bertz CT molecular complexity index is 472. The van der Waals surface area contributed by atoms with E-state index in [1.54, 1.807) is 0 Å². The third-order valence-electron chi connectivity index (χ3n) is 2.88. The number of hydrogen-bond acceptors (Lipinski definition) is 1. The zero-order chi connectivity index (χ0) is 12.8. The first-order chi connectivity index (χ1) is 8.22. The molecule has 0 bridgehead atoms. The van der Waals surface area contributed by atoms with Crippen molar-refractivity contribution in [3.05, 3.63) is 41.6 Å². The van der Waals surface area contributed by atoms with Crippen molar-refractivity contribution in [2.75, 3.05) is 0 Å². The molecule has 0 aliphatic carbocycles. The van der Waals surface area contributed by atoms with E-state index in [0.717, 1.165) is 11.9 Å². The van der Waals surface area contributed by atoms with E-state index in [1.165, 1.54) is 16.5 Å². The summed E-state index contributed by atoms with van der Waals surface area (Å²) in [5.74, 6) is 0.571. The Balaban J connectivity index is 0.000000686. The lowest BCUT2D eigenvalue weighted by Gasteiger charge is -2.10. The van der Waals surface area contributed by atoms with Crippen molar-refractivity contribution in [3.63, 3.8) is 0 Å². The van der Waals surface area contributed by atoms with Gasteiger partial charge in [0, 0.05) is 11.6 Å². The Labute approximate surface area is 105 Å². The smallest absolute Gasteiger partial charge is 0.0707 e. The molecule has 1 aromatic heterocycles. The Morgan fingerprint density at radius 1 is 1.18 bits per heavy atom. The van der Waals surface area contributed by atoms with Gasteiger partial charge in [0.1, 0.15) is 0 Å². The quantitative estimate of drug-likeness (QED) is 0.710. The molecule has 1 nitrogen and oxygen atoms in total. The molecule has 0 spiro atoms. The fraction of sp³-hybridized carbons (Fsp3) is 0.438. The van der Waals surface area contributed by atoms with E-state index in [9.17, 15) is 0 Å². The first-order valence-corrected chi connectivity index (χ1v) is 6.60. The average molecular weight is 229 g/mol. The van der Waals surface area contributed by atoms with Crippen LogP contribution in [0.25, 0.3) is 10.9 Å². The van der Waals surface area contributed by atoms with Gasteiger partial charge >= 0.3 is 0 Å². The number of benzene rings is 1. The first-order valence-electron chi connectivity index (χ1n) is 6.60. The molecule has 92 valence electrons. The van der Waals surface area contributed by atoms with Crippen molar-refractivity contribution >= 4 is 10.9 Å². The summed E-state index contributed by atoms with van der Waals surface area (Å²) in [6.45, 7) is 10.7. The maximum absolute atomic E-state index is 4.43. The molecule has 0 amide bonds. The largest absolute Gasteiger partial charge is 0.256 e. The predicted octanol–water partition coefficient (Wildman–Crippen LogP) is 4.95. The van der Waals surface area contributed by atoms with E-state index in [4.69, 9.17) is 0 Å². The summed E-state index contributed by atoms with van der Waals surface area (Å²) in [5.41, 5.74) is 3.92.